The zero-order valence-corrected chi connectivity index (χ0v) is 10.6. The molecule has 3 aromatic rings. The van der Waals surface area contributed by atoms with Crippen molar-refractivity contribution in [3.8, 4) is 11.4 Å². The molecule has 0 aromatic carbocycles. The van der Waals surface area contributed by atoms with E-state index in [4.69, 9.17) is 4.52 Å². The molecule has 4 rings (SSSR count). The van der Waals surface area contributed by atoms with Crippen molar-refractivity contribution in [2.45, 2.75) is 25.7 Å². The minimum atomic E-state index is 0.467. The molecule has 1 N–H and O–H groups in total. The molecule has 1 aliphatic rings. The molecule has 96 valence electrons. The second-order valence-corrected chi connectivity index (χ2v) is 5.07. The van der Waals surface area contributed by atoms with E-state index in [0.717, 1.165) is 28.4 Å². The third-order valence-electron chi connectivity index (χ3n) is 3.91. The van der Waals surface area contributed by atoms with Crippen LogP contribution in [0, 0.1) is 5.92 Å². The Morgan fingerprint density at radius 3 is 3.21 bits per heavy atom. The van der Waals surface area contributed by atoms with Crippen LogP contribution < -0.4 is 0 Å². The fourth-order valence-corrected chi connectivity index (χ4v) is 2.65. The lowest BCUT2D eigenvalue weighted by Gasteiger charge is -1.95. The van der Waals surface area contributed by atoms with Crippen LogP contribution in [-0.4, -0.2) is 20.1 Å². The van der Waals surface area contributed by atoms with E-state index in [-0.39, 0.29) is 0 Å². The van der Waals surface area contributed by atoms with E-state index in [9.17, 15) is 0 Å². The number of fused-ring (bicyclic) bond motifs is 1. The summed E-state index contributed by atoms with van der Waals surface area (Å²) in [5, 5.41) is 5.14. The molecule has 0 aliphatic heterocycles. The van der Waals surface area contributed by atoms with E-state index < -0.39 is 0 Å². The van der Waals surface area contributed by atoms with Crippen molar-refractivity contribution in [2.24, 2.45) is 5.92 Å². The summed E-state index contributed by atoms with van der Waals surface area (Å²) in [6.07, 6.45) is 5.99. The van der Waals surface area contributed by atoms with Crippen LogP contribution in [0.2, 0.25) is 0 Å². The van der Waals surface area contributed by atoms with Crippen LogP contribution in [-0.2, 0) is 0 Å². The van der Waals surface area contributed by atoms with Crippen molar-refractivity contribution in [3.05, 3.63) is 30.4 Å². The third-order valence-corrected chi connectivity index (χ3v) is 3.91. The summed E-state index contributed by atoms with van der Waals surface area (Å²) in [7, 11) is 0. The van der Waals surface area contributed by atoms with Gasteiger partial charge in [0.2, 0.25) is 11.7 Å². The SMILES string of the molecule is CC[C@@H]1C[C@H]1c1nc(-c2ccnc3[nH]ccc23)no1. The van der Waals surface area contributed by atoms with Gasteiger partial charge in [0.25, 0.3) is 0 Å². The molecule has 0 saturated heterocycles. The minimum absolute atomic E-state index is 0.467. The molecule has 1 saturated carbocycles. The van der Waals surface area contributed by atoms with Gasteiger partial charge in [-0.25, -0.2) is 4.98 Å². The normalized spacial score (nSPS) is 21.9. The summed E-state index contributed by atoms with van der Waals surface area (Å²) in [4.78, 5) is 11.9. The highest BCUT2D eigenvalue weighted by molar-refractivity contribution is 5.90. The van der Waals surface area contributed by atoms with E-state index in [2.05, 4.69) is 27.0 Å². The maximum atomic E-state index is 5.41. The van der Waals surface area contributed by atoms with Gasteiger partial charge in [-0.1, -0.05) is 18.5 Å². The van der Waals surface area contributed by atoms with E-state index in [0.29, 0.717) is 11.7 Å². The Bertz CT molecular complexity index is 730. The second-order valence-electron chi connectivity index (χ2n) is 5.07. The molecule has 5 heteroatoms. The predicted molar refractivity (Wildman–Crippen MR) is 70.5 cm³/mol. The Labute approximate surface area is 110 Å². The number of hydrogen-bond acceptors (Lipinski definition) is 4. The van der Waals surface area contributed by atoms with Gasteiger partial charge in [0.05, 0.1) is 0 Å². The molecule has 0 spiro atoms. The zero-order chi connectivity index (χ0) is 12.8. The largest absolute Gasteiger partial charge is 0.346 e. The second kappa shape index (κ2) is 3.91. The Morgan fingerprint density at radius 1 is 1.42 bits per heavy atom. The van der Waals surface area contributed by atoms with Gasteiger partial charge in [-0.05, 0) is 24.5 Å². The molecule has 19 heavy (non-hydrogen) atoms. The van der Waals surface area contributed by atoms with Crippen molar-refractivity contribution < 1.29 is 4.52 Å². The lowest BCUT2D eigenvalue weighted by Crippen LogP contribution is -1.86. The van der Waals surface area contributed by atoms with Gasteiger partial charge >= 0.3 is 0 Å². The highest BCUT2D eigenvalue weighted by Gasteiger charge is 2.41. The van der Waals surface area contributed by atoms with Gasteiger partial charge in [0, 0.05) is 29.3 Å². The molecule has 5 nitrogen and oxygen atoms in total. The number of aromatic amines is 1. The quantitative estimate of drug-likeness (QED) is 0.779. The first kappa shape index (κ1) is 10.7. The minimum Gasteiger partial charge on any atom is -0.346 e. The number of pyridine rings is 1. The van der Waals surface area contributed by atoms with Crippen LogP contribution in [0.1, 0.15) is 31.6 Å². The Kier molecular flexibility index (Phi) is 2.21. The highest BCUT2D eigenvalue weighted by Crippen LogP contribution is 2.49. The molecular formula is C14H14N4O. The van der Waals surface area contributed by atoms with Crippen molar-refractivity contribution in [1.29, 1.82) is 0 Å². The average molecular weight is 254 g/mol. The fraction of sp³-hybridized carbons (Fsp3) is 0.357. The Hall–Kier alpha value is -2.17. The van der Waals surface area contributed by atoms with Gasteiger partial charge in [-0.3, -0.25) is 0 Å². The molecule has 0 amide bonds. The zero-order valence-electron chi connectivity index (χ0n) is 10.6. The number of rotatable bonds is 3. The summed E-state index contributed by atoms with van der Waals surface area (Å²) < 4.78 is 5.41. The molecule has 1 fully saturated rings. The maximum Gasteiger partial charge on any atom is 0.230 e. The van der Waals surface area contributed by atoms with E-state index in [1.807, 2.05) is 18.3 Å². The van der Waals surface area contributed by atoms with Crippen molar-refractivity contribution in [3.63, 3.8) is 0 Å². The van der Waals surface area contributed by atoms with Crippen molar-refractivity contribution in [2.75, 3.05) is 0 Å². The van der Waals surface area contributed by atoms with Crippen LogP contribution in [0.15, 0.2) is 29.0 Å². The lowest BCUT2D eigenvalue weighted by molar-refractivity contribution is 0.375. The molecule has 0 radical (unpaired) electrons. The first-order valence-corrected chi connectivity index (χ1v) is 6.63. The molecule has 3 aromatic heterocycles. The standard InChI is InChI=1S/C14H14N4O/c1-2-8-7-11(8)14-17-13(18-19-14)10-4-6-16-12-9(10)3-5-15-12/h3-6,8,11H,2,7H2,1H3,(H,15,16)/t8-,11-/m1/s1. The first-order valence-electron chi connectivity index (χ1n) is 6.63. The van der Waals surface area contributed by atoms with Crippen molar-refractivity contribution >= 4 is 11.0 Å². The summed E-state index contributed by atoms with van der Waals surface area (Å²) in [6.45, 7) is 2.20. The first-order chi connectivity index (χ1) is 9.36. The van der Waals surface area contributed by atoms with Crippen LogP contribution in [0.4, 0.5) is 0 Å². The van der Waals surface area contributed by atoms with Crippen LogP contribution in [0.3, 0.4) is 0 Å². The highest BCUT2D eigenvalue weighted by atomic mass is 16.5. The van der Waals surface area contributed by atoms with Gasteiger partial charge < -0.3 is 9.51 Å². The predicted octanol–water partition coefficient (Wildman–Crippen LogP) is 3.13. The van der Waals surface area contributed by atoms with E-state index in [1.165, 1.54) is 12.8 Å². The topological polar surface area (TPSA) is 67.6 Å². The molecule has 0 bridgehead atoms. The number of aromatic nitrogens is 4. The summed E-state index contributed by atoms with van der Waals surface area (Å²) in [5.74, 6) is 2.62. The number of hydrogen-bond donors (Lipinski definition) is 1. The summed E-state index contributed by atoms with van der Waals surface area (Å²) in [6, 6.07) is 3.91. The molecule has 3 heterocycles. The maximum absolute atomic E-state index is 5.41. The van der Waals surface area contributed by atoms with Gasteiger partial charge in [-0.2, -0.15) is 4.98 Å². The summed E-state index contributed by atoms with van der Waals surface area (Å²) >= 11 is 0. The molecule has 1 aliphatic carbocycles. The van der Waals surface area contributed by atoms with Crippen LogP contribution in [0.25, 0.3) is 22.4 Å². The van der Waals surface area contributed by atoms with Gasteiger partial charge in [-0.15, -0.1) is 0 Å². The van der Waals surface area contributed by atoms with E-state index in [1.54, 1.807) is 6.20 Å². The van der Waals surface area contributed by atoms with Gasteiger partial charge in [0.1, 0.15) is 5.65 Å². The number of nitrogens with zero attached hydrogens (tertiary/aromatic N) is 3. The number of nitrogens with one attached hydrogen (secondary N) is 1. The third kappa shape index (κ3) is 1.65. The Balaban J connectivity index is 1.75. The number of H-pyrrole nitrogens is 1. The smallest absolute Gasteiger partial charge is 0.230 e. The average Bonchev–Trinajstić information content (AvgIpc) is 2.88. The van der Waals surface area contributed by atoms with Crippen LogP contribution >= 0.6 is 0 Å². The lowest BCUT2D eigenvalue weighted by atomic mass is 10.2. The molecular weight excluding hydrogens is 240 g/mol. The molecule has 2 atom stereocenters. The van der Waals surface area contributed by atoms with Gasteiger partial charge in [0.15, 0.2) is 0 Å². The van der Waals surface area contributed by atoms with E-state index >= 15 is 0 Å². The van der Waals surface area contributed by atoms with Crippen molar-refractivity contribution in [1.82, 2.24) is 20.1 Å². The van der Waals surface area contributed by atoms with Crippen LogP contribution in [0.5, 0.6) is 0 Å². The molecule has 0 unspecified atom stereocenters. The Morgan fingerprint density at radius 2 is 2.37 bits per heavy atom. The summed E-state index contributed by atoms with van der Waals surface area (Å²) in [5.41, 5.74) is 1.82. The monoisotopic (exact) mass is 254 g/mol. The fourth-order valence-electron chi connectivity index (χ4n) is 2.65.